The zero-order valence-electron chi connectivity index (χ0n) is 17.7. The largest absolute Gasteiger partial charge is 0.478 e. The molecular weight excluding hydrogens is 444 g/mol. The summed E-state index contributed by atoms with van der Waals surface area (Å²) in [6.07, 6.45) is 7.25. The van der Waals surface area contributed by atoms with Gasteiger partial charge in [0.25, 0.3) is 0 Å². The Labute approximate surface area is 193 Å². The summed E-state index contributed by atoms with van der Waals surface area (Å²) in [6.45, 7) is 0.902. The number of hydrogen-bond donors (Lipinski definition) is 3. The van der Waals surface area contributed by atoms with E-state index in [1.54, 1.807) is 52.4 Å². The van der Waals surface area contributed by atoms with Gasteiger partial charge in [0.1, 0.15) is 17.1 Å². The Balaban J connectivity index is 1.44. The normalized spacial score (nSPS) is 15.6. The Morgan fingerprint density at radius 3 is 2.85 bits per heavy atom. The molecular formula is C21H21ClN10O. The molecule has 0 amide bonds. The molecule has 1 unspecified atom stereocenters. The average Bonchev–Trinajstić information content (AvgIpc) is 3.35. The number of hydrogen-bond acceptors (Lipinski definition) is 8. The standard InChI is InChI=1S/C21H21ClN10O/c1-30-18(3-6-26-30)29-21-25-5-2-16(28-21)14-8-17(23)32-19(9-14)33-7-4-13(20(32)24)11-31-12-15(22)10-27-31/h2-3,5-6,8-10,12-13,23-24H,4,7,11H2,1H3,(H,25,28,29). The molecule has 0 spiro atoms. The molecule has 0 saturated carbocycles. The third kappa shape index (κ3) is 4.22. The van der Waals surface area contributed by atoms with E-state index in [1.165, 1.54) is 4.57 Å². The van der Waals surface area contributed by atoms with E-state index in [4.69, 9.17) is 27.2 Å². The molecule has 5 heterocycles. The fourth-order valence-electron chi connectivity index (χ4n) is 3.73. The van der Waals surface area contributed by atoms with Crippen molar-refractivity contribution in [3.8, 4) is 17.1 Å². The molecule has 0 radical (unpaired) electrons. The highest BCUT2D eigenvalue weighted by Gasteiger charge is 2.25. The lowest BCUT2D eigenvalue weighted by atomic mass is 10.0. The number of anilines is 2. The second-order valence-electron chi connectivity index (χ2n) is 7.63. The molecule has 11 nitrogen and oxygen atoms in total. The average molecular weight is 465 g/mol. The number of aromatic nitrogens is 7. The van der Waals surface area contributed by atoms with Gasteiger partial charge < -0.3 is 10.1 Å². The van der Waals surface area contributed by atoms with E-state index < -0.39 is 0 Å². The Morgan fingerprint density at radius 2 is 2.09 bits per heavy atom. The Bertz CT molecular complexity index is 1390. The summed E-state index contributed by atoms with van der Waals surface area (Å²) in [5, 5.41) is 29.4. The highest BCUT2D eigenvalue weighted by Crippen LogP contribution is 2.26. The molecule has 4 aromatic rings. The van der Waals surface area contributed by atoms with Gasteiger partial charge in [0.2, 0.25) is 11.8 Å². The van der Waals surface area contributed by atoms with Gasteiger partial charge in [-0.2, -0.15) is 10.2 Å². The first kappa shape index (κ1) is 20.9. The molecule has 0 fully saturated rings. The van der Waals surface area contributed by atoms with Crippen LogP contribution in [-0.4, -0.2) is 46.5 Å². The van der Waals surface area contributed by atoms with Crippen LogP contribution in [0.4, 0.5) is 11.8 Å². The van der Waals surface area contributed by atoms with E-state index in [0.29, 0.717) is 47.7 Å². The lowest BCUT2D eigenvalue weighted by molar-refractivity contribution is 0.286. The number of ether oxygens (including phenoxy) is 1. The number of nitrogens with one attached hydrogen (secondary N) is 3. The summed E-state index contributed by atoms with van der Waals surface area (Å²) in [5.41, 5.74) is 1.47. The van der Waals surface area contributed by atoms with Crippen molar-refractivity contribution < 1.29 is 4.74 Å². The molecule has 168 valence electrons. The smallest absolute Gasteiger partial charge is 0.228 e. The fourth-order valence-corrected chi connectivity index (χ4v) is 3.89. The van der Waals surface area contributed by atoms with Crippen molar-refractivity contribution in [3.05, 3.63) is 59.6 Å². The van der Waals surface area contributed by atoms with Crippen LogP contribution < -0.4 is 15.5 Å². The second-order valence-corrected chi connectivity index (χ2v) is 8.07. The van der Waals surface area contributed by atoms with Gasteiger partial charge in [-0.3, -0.25) is 24.7 Å². The van der Waals surface area contributed by atoms with Crippen LogP contribution in [0.5, 0.6) is 5.88 Å². The van der Waals surface area contributed by atoms with Crippen molar-refractivity contribution in [3.63, 3.8) is 0 Å². The van der Waals surface area contributed by atoms with Crippen molar-refractivity contribution in [2.45, 2.75) is 13.0 Å². The molecule has 3 N–H and O–H groups in total. The number of nitrogens with zero attached hydrogens (tertiary/aromatic N) is 7. The predicted octanol–water partition coefficient (Wildman–Crippen LogP) is 2.68. The van der Waals surface area contributed by atoms with Gasteiger partial charge in [-0.1, -0.05) is 11.6 Å². The molecule has 0 saturated heterocycles. The van der Waals surface area contributed by atoms with E-state index in [9.17, 15) is 0 Å². The first-order valence-electron chi connectivity index (χ1n) is 10.3. The molecule has 1 aliphatic rings. The van der Waals surface area contributed by atoms with E-state index in [-0.39, 0.29) is 17.2 Å². The van der Waals surface area contributed by atoms with Crippen molar-refractivity contribution in [2.75, 3.05) is 11.9 Å². The van der Waals surface area contributed by atoms with Gasteiger partial charge in [0.15, 0.2) is 0 Å². The van der Waals surface area contributed by atoms with Crippen LogP contribution in [0, 0.1) is 16.7 Å². The summed E-state index contributed by atoms with van der Waals surface area (Å²) < 4.78 is 10.9. The Morgan fingerprint density at radius 1 is 1.21 bits per heavy atom. The quantitative estimate of drug-likeness (QED) is 0.415. The summed E-state index contributed by atoms with van der Waals surface area (Å²) in [7, 11) is 1.82. The van der Waals surface area contributed by atoms with Crippen LogP contribution in [0.3, 0.4) is 0 Å². The molecule has 12 heteroatoms. The van der Waals surface area contributed by atoms with E-state index in [2.05, 4.69) is 25.5 Å². The summed E-state index contributed by atoms with van der Waals surface area (Å²) in [4.78, 5) is 8.85. The second kappa shape index (κ2) is 8.51. The summed E-state index contributed by atoms with van der Waals surface area (Å²) in [5.74, 6) is 1.72. The molecule has 1 aliphatic heterocycles. The number of aryl methyl sites for hydroxylation is 1. The first-order valence-corrected chi connectivity index (χ1v) is 10.7. The first-order chi connectivity index (χ1) is 16.0. The summed E-state index contributed by atoms with van der Waals surface area (Å²) in [6, 6.07) is 7.07. The molecule has 0 bridgehead atoms. The van der Waals surface area contributed by atoms with Crippen LogP contribution in [0.25, 0.3) is 11.3 Å². The maximum Gasteiger partial charge on any atom is 0.228 e. The fraction of sp³-hybridized carbons (Fsp3) is 0.238. The topological polar surface area (TPSA) is 135 Å². The molecule has 1 atom stereocenters. The minimum atomic E-state index is -0.170. The predicted molar refractivity (Wildman–Crippen MR) is 122 cm³/mol. The van der Waals surface area contributed by atoms with Gasteiger partial charge in [-0.15, -0.1) is 0 Å². The molecule has 0 aromatic carbocycles. The molecule has 5 rings (SSSR count). The van der Waals surface area contributed by atoms with E-state index in [1.807, 2.05) is 13.1 Å². The van der Waals surface area contributed by atoms with Crippen molar-refractivity contribution in [1.82, 2.24) is 34.1 Å². The Hall–Kier alpha value is -3.99. The third-order valence-electron chi connectivity index (χ3n) is 5.40. The lowest BCUT2D eigenvalue weighted by Gasteiger charge is -2.17. The number of pyridine rings is 1. The lowest BCUT2D eigenvalue weighted by Crippen LogP contribution is -2.32. The zero-order chi connectivity index (χ0) is 22.9. The van der Waals surface area contributed by atoms with Crippen molar-refractivity contribution in [1.29, 1.82) is 10.8 Å². The van der Waals surface area contributed by atoms with Crippen LogP contribution in [-0.2, 0) is 13.6 Å². The minimum absolute atomic E-state index is 0.137. The number of rotatable bonds is 5. The maximum absolute atomic E-state index is 8.75. The van der Waals surface area contributed by atoms with Gasteiger partial charge in [0, 0.05) is 43.1 Å². The minimum Gasteiger partial charge on any atom is -0.478 e. The van der Waals surface area contributed by atoms with Gasteiger partial charge >= 0.3 is 0 Å². The third-order valence-corrected chi connectivity index (χ3v) is 5.59. The zero-order valence-corrected chi connectivity index (χ0v) is 18.5. The monoisotopic (exact) mass is 464 g/mol. The van der Waals surface area contributed by atoms with Crippen LogP contribution in [0.15, 0.2) is 49.1 Å². The Kier molecular flexibility index (Phi) is 5.38. The highest BCUT2D eigenvalue weighted by atomic mass is 35.5. The van der Waals surface area contributed by atoms with Crippen LogP contribution in [0.2, 0.25) is 5.02 Å². The van der Waals surface area contributed by atoms with Crippen LogP contribution in [0.1, 0.15) is 6.42 Å². The SMILES string of the molecule is Cn1nccc1Nc1nccc(-c2cc3n(c(=N)c2)C(=N)C(Cn2cc(Cl)cn2)CCO3)n1. The van der Waals surface area contributed by atoms with Gasteiger partial charge in [-0.05, 0) is 18.6 Å². The summed E-state index contributed by atoms with van der Waals surface area (Å²) >= 11 is 5.97. The van der Waals surface area contributed by atoms with Gasteiger partial charge in [-0.25, -0.2) is 9.97 Å². The maximum atomic E-state index is 8.75. The molecule has 0 aliphatic carbocycles. The van der Waals surface area contributed by atoms with Crippen molar-refractivity contribution in [2.24, 2.45) is 13.0 Å². The van der Waals surface area contributed by atoms with Crippen LogP contribution >= 0.6 is 11.6 Å². The van der Waals surface area contributed by atoms with Crippen molar-refractivity contribution >= 4 is 29.2 Å². The van der Waals surface area contributed by atoms with E-state index in [0.717, 1.165) is 5.82 Å². The number of fused-ring (bicyclic) bond motifs is 1. The molecule has 4 aromatic heterocycles. The molecule has 33 heavy (non-hydrogen) atoms. The van der Waals surface area contributed by atoms with Gasteiger partial charge in [0.05, 0.1) is 36.3 Å². The van der Waals surface area contributed by atoms with E-state index >= 15 is 0 Å². The highest BCUT2D eigenvalue weighted by molar-refractivity contribution is 6.30. The number of halogens is 1.